The molecule has 0 atom stereocenters. The van der Waals surface area contributed by atoms with Crippen LogP contribution < -0.4 is 5.32 Å². The molecule has 0 saturated carbocycles. The summed E-state index contributed by atoms with van der Waals surface area (Å²) in [5.41, 5.74) is 2.71. The lowest BCUT2D eigenvalue weighted by Crippen LogP contribution is -2.50. The number of para-hydroxylation sites is 1. The molecule has 8 heteroatoms. The minimum atomic E-state index is -0.129. The zero-order chi connectivity index (χ0) is 20.2. The molecule has 3 aromatic rings. The van der Waals surface area contributed by atoms with Gasteiger partial charge in [0.1, 0.15) is 5.69 Å². The molecule has 1 fully saturated rings. The number of carbonyl (C=O) groups is 2. The highest BCUT2D eigenvalue weighted by Gasteiger charge is 2.24. The number of hydrogen-bond donors (Lipinski definition) is 2. The van der Waals surface area contributed by atoms with Crippen molar-refractivity contribution in [2.24, 2.45) is 0 Å². The normalized spacial score (nSPS) is 14.2. The number of hydrogen-bond acceptors (Lipinski definition) is 5. The van der Waals surface area contributed by atoms with E-state index in [4.69, 9.17) is 0 Å². The van der Waals surface area contributed by atoms with Crippen molar-refractivity contribution in [2.45, 2.75) is 13.3 Å². The molecule has 1 aromatic carbocycles. The number of amides is 2. The molecule has 0 unspecified atom stereocenters. The predicted molar refractivity (Wildman–Crippen MR) is 111 cm³/mol. The fourth-order valence-electron chi connectivity index (χ4n) is 3.60. The molecule has 0 spiro atoms. The van der Waals surface area contributed by atoms with Crippen molar-refractivity contribution in [3.8, 4) is 0 Å². The first-order valence-corrected chi connectivity index (χ1v) is 9.78. The number of nitrogens with one attached hydrogen (secondary N) is 2. The highest BCUT2D eigenvalue weighted by Crippen LogP contribution is 2.18. The van der Waals surface area contributed by atoms with Gasteiger partial charge in [-0.25, -0.2) is 9.97 Å². The minimum Gasteiger partial charge on any atom is -0.361 e. The number of benzene rings is 1. The first kappa shape index (κ1) is 18.9. The van der Waals surface area contributed by atoms with Crippen molar-refractivity contribution in [1.29, 1.82) is 0 Å². The first-order chi connectivity index (χ1) is 14.1. The highest BCUT2D eigenvalue weighted by molar-refractivity contribution is 5.92. The van der Waals surface area contributed by atoms with Crippen LogP contribution in [0.1, 0.15) is 23.0 Å². The topological polar surface area (TPSA) is 94.2 Å². The molecule has 0 bridgehead atoms. The van der Waals surface area contributed by atoms with Gasteiger partial charge in [0.15, 0.2) is 0 Å². The smallest absolute Gasteiger partial charge is 0.272 e. The van der Waals surface area contributed by atoms with Crippen LogP contribution >= 0.6 is 0 Å². The molecule has 0 aliphatic carbocycles. The Balaban J connectivity index is 1.35. The van der Waals surface area contributed by atoms with Crippen LogP contribution in [0.5, 0.6) is 0 Å². The van der Waals surface area contributed by atoms with Gasteiger partial charge in [0.25, 0.3) is 5.91 Å². The van der Waals surface area contributed by atoms with Gasteiger partial charge >= 0.3 is 0 Å². The number of aromatic nitrogens is 3. The third-order valence-corrected chi connectivity index (χ3v) is 5.24. The van der Waals surface area contributed by atoms with E-state index < -0.39 is 0 Å². The number of anilines is 1. The van der Waals surface area contributed by atoms with Crippen molar-refractivity contribution in [3.63, 3.8) is 0 Å². The highest BCUT2D eigenvalue weighted by atomic mass is 16.2. The van der Waals surface area contributed by atoms with E-state index in [1.807, 2.05) is 18.3 Å². The Morgan fingerprint density at radius 3 is 2.66 bits per heavy atom. The third kappa shape index (κ3) is 4.21. The van der Waals surface area contributed by atoms with Gasteiger partial charge < -0.3 is 20.1 Å². The second kappa shape index (κ2) is 8.30. The second-order valence-corrected chi connectivity index (χ2v) is 7.10. The van der Waals surface area contributed by atoms with Gasteiger partial charge in [0, 0.05) is 62.9 Å². The standard InChI is InChI=1S/C21H24N6O2/c1-15(28)26-10-12-27(13-11-26)20(29)19-7-9-23-21(25-19)22-8-6-16-14-24-18-5-3-2-4-17(16)18/h2-5,7,9,14,24H,6,8,10-13H2,1H3,(H,22,23,25). The molecule has 1 aliphatic rings. The summed E-state index contributed by atoms with van der Waals surface area (Å²) in [5.74, 6) is 0.356. The van der Waals surface area contributed by atoms with Gasteiger partial charge in [-0.2, -0.15) is 0 Å². The average Bonchev–Trinajstić information content (AvgIpc) is 3.17. The van der Waals surface area contributed by atoms with E-state index >= 15 is 0 Å². The lowest BCUT2D eigenvalue weighted by atomic mass is 10.1. The summed E-state index contributed by atoms with van der Waals surface area (Å²) in [6.07, 6.45) is 4.44. The Kier molecular flexibility index (Phi) is 5.41. The van der Waals surface area contributed by atoms with Crippen LogP contribution in [0.25, 0.3) is 10.9 Å². The van der Waals surface area contributed by atoms with Gasteiger partial charge in [-0.05, 0) is 24.1 Å². The zero-order valence-corrected chi connectivity index (χ0v) is 16.4. The molecular formula is C21H24N6O2. The lowest BCUT2D eigenvalue weighted by molar-refractivity contribution is -0.130. The molecule has 1 aliphatic heterocycles. The Bertz CT molecular complexity index is 1020. The van der Waals surface area contributed by atoms with Crippen LogP contribution in [0.3, 0.4) is 0 Å². The molecule has 0 radical (unpaired) electrons. The third-order valence-electron chi connectivity index (χ3n) is 5.24. The Morgan fingerprint density at radius 2 is 1.86 bits per heavy atom. The molecule has 2 aromatic heterocycles. The summed E-state index contributed by atoms with van der Waals surface area (Å²) >= 11 is 0. The Morgan fingerprint density at radius 1 is 1.10 bits per heavy atom. The maximum atomic E-state index is 12.7. The van der Waals surface area contributed by atoms with Crippen LogP contribution in [-0.4, -0.2) is 69.3 Å². The van der Waals surface area contributed by atoms with Gasteiger partial charge in [-0.3, -0.25) is 9.59 Å². The largest absolute Gasteiger partial charge is 0.361 e. The van der Waals surface area contributed by atoms with Crippen LogP contribution in [0.2, 0.25) is 0 Å². The molecule has 2 amide bonds. The SMILES string of the molecule is CC(=O)N1CCN(C(=O)c2ccnc(NCCc3c[nH]c4ccccc34)n2)CC1. The molecular weight excluding hydrogens is 368 g/mol. The first-order valence-electron chi connectivity index (χ1n) is 9.78. The number of carbonyl (C=O) groups excluding carboxylic acids is 2. The molecule has 4 rings (SSSR count). The van der Waals surface area contributed by atoms with Crippen molar-refractivity contribution in [3.05, 3.63) is 54.0 Å². The number of H-pyrrole nitrogens is 1. The lowest BCUT2D eigenvalue weighted by Gasteiger charge is -2.34. The number of fused-ring (bicyclic) bond motifs is 1. The Labute approximate surface area is 168 Å². The monoisotopic (exact) mass is 392 g/mol. The molecule has 150 valence electrons. The van der Waals surface area contributed by atoms with E-state index in [-0.39, 0.29) is 11.8 Å². The maximum Gasteiger partial charge on any atom is 0.272 e. The molecule has 2 N–H and O–H groups in total. The summed E-state index contributed by atoms with van der Waals surface area (Å²) in [6.45, 7) is 4.37. The quantitative estimate of drug-likeness (QED) is 0.692. The summed E-state index contributed by atoms with van der Waals surface area (Å²) < 4.78 is 0. The van der Waals surface area contributed by atoms with Gasteiger partial charge in [0.2, 0.25) is 11.9 Å². The predicted octanol–water partition coefficient (Wildman–Crippen LogP) is 1.92. The zero-order valence-electron chi connectivity index (χ0n) is 16.4. The molecule has 1 saturated heterocycles. The Hall–Kier alpha value is -3.42. The van der Waals surface area contributed by atoms with Crippen LogP contribution in [0, 0.1) is 0 Å². The van der Waals surface area contributed by atoms with Crippen LogP contribution in [-0.2, 0) is 11.2 Å². The van der Waals surface area contributed by atoms with E-state index in [0.717, 1.165) is 11.9 Å². The van der Waals surface area contributed by atoms with Crippen LogP contribution in [0.15, 0.2) is 42.7 Å². The molecule has 3 heterocycles. The second-order valence-electron chi connectivity index (χ2n) is 7.10. The minimum absolute atomic E-state index is 0.0424. The van der Waals surface area contributed by atoms with Crippen LogP contribution in [0.4, 0.5) is 5.95 Å². The van der Waals surface area contributed by atoms with Gasteiger partial charge in [0.05, 0.1) is 0 Å². The van der Waals surface area contributed by atoms with Crippen molar-refractivity contribution < 1.29 is 9.59 Å². The van der Waals surface area contributed by atoms with E-state index in [9.17, 15) is 9.59 Å². The van der Waals surface area contributed by atoms with Gasteiger partial charge in [-0.1, -0.05) is 18.2 Å². The fraction of sp³-hybridized carbons (Fsp3) is 0.333. The fourth-order valence-corrected chi connectivity index (χ4v) is 3.60. The van der Waals surface area contributed by atoms with E-state index in [1.54, 1.807) is 29.0 Å². The van der Waals surface area contributed by atoms with E-state index in [1.165, 1.54) is 10.9 Å². The number of nitrogens with zero attached hydrogens (tertiary/aromatic N) is 4. The summed E-state index contributed by atoms with van der Waals surface area (Å²) in [6, 6.07) is 9.83. The van der Waals surface area contributed by atoms with E-state index in [0.29, 0.717) is 44.4 Å². The molecule has 29 heavy (non-hydrogen) atoms. The van der Waals surface area contributed by atoms with Crippen molar-refractivity contribution >= 4 is 28.7 Å². The van der Waals surface area contributed by atoms with Crippen molar-refractivity contribution in [2.75, 3.05) is 38.0 Å². The van der Waals surface area contributed by atoms with Crippen molar-refractivity contribution in [1.82, 2.24) is 24.8 Å². The number of rotatable bonds is 5. The summed E-state index contributed by atoms with van der Waals surface area (Å²) in [7, 11) is 0. The summed E-state index contributed by atoms with van der Waals surface area (Å²) in [4.78, 5) is 39.5. The average molecular weight is 392 g/mol. The van der Waals surface area contributed by atoms with E-state index in [2.05, 4.69) is 32.4 Å². The number of aromatic amines is 1. The summed E-state index contributed by atoms with van der Waals surface area (Å²) in [5, 5.41) is 4.42. The van der Waals surface area contributed by atoms with Gasteiger partial charge in [-0.15, -0.1) is 0 Å². The number of piperazine rings is 1. The maximum absolute atomic E-state index is 12.7. The molecule has 8 nitrogen and oxygen atoms in total.